The zero-order valence-corrected chi connectivity index (χ0v) is 13.4. The third-order valence-corrected chi connectivity index (χ3v) is 4.37. The average molecular weight is 309 g/mol. The van der Waals surface area contributed by atoms with Crippen LogP contribution in [0.5, 0.6) is 0 Å². The lowest BCUT2D eigenvalue weighted by atomic mass is 9.93. The van der Waals surface area contributed by atoms with Gasteiger partial charge >= 0.3 is 0 Å². The molecule has 0 aliphatic carbocycles. The van der Waals surface area contributed by atoms with Crippen LogP contribution < -0.4 is 10.2 Å². The van der Waals surface area contributed by atoms with Gasteiger partial charge < -0.3 is 5.32 Å². The molecule has 1 aromatic rings. The summed E-state index contributed by atoms with van der Waals surface area (Å²) in [4.78, 5) is 26.7. The number of piperazine rings is 1. The maximum atomic E-state index is 12.8. The zero-order valence-electron chi connectivity index (χ0n) is 12.6. The number of anilines is 1. The van der Waals surface area contributed by atoms with Gasteiger partial charge in [-0.1, -0.05) is 38.8 Å². The first-order valence-corrected chi connectivity index (χ1v) is 7.76. The molecule has 1 aromatic carbocycles. The highest BCUT2D eigenvalue weighted by molar-refractivity contribution is 6.30. The van der Waals surface area contributed by atoms with Gasteiger partial charge in [0, 0.05) is 10.7 Å². The SMILES string of the molecule is CCC(C)C1NC(=O)C(CC)N(c2ccc(Cl)cc2)C1=O. The van der Waals surface area contributed by atoms with E-state index >= 15 is 0 Å². The van der Waals surface area contributed by atoms with E-state index in [0.29, 0.717) is 11.4 Å². The fourth-order valence-electron chi connectivity index (χ4n) is 2.63. The molecule has 1 heterocycles. The topological polar surface area (TPSA) is 49.4 Å². The summed E-state index contributed by atoms with van der Waals surface area (Å²) in [5.74, 6) is -0.0236. The number of carbonyl (C=O) groups excluding carboxylic acids is 2. The van der Waals surface area contributed by atoms with E-state index in [1.165, 1.54) is 0 Å². The van der Waals surface area contributed by atoms with E-state index in [2.05, 4.69) is 5.32 Å². The second kappa shape index (κ2) is 6.48. The van der Waals surface area contributed by atoms with Gasteiger partial charge in [-0.2, -0.15) is 0 Å². The molecule has 2 amide bonds. The van der Waals surface area contributed by atoms with Crippen molar-refractivity contribution in [3.8, 4) is 0 Å². The van der Waals surface area contributed by atoms with Gasteiger partial charge in [-0.25, -0.2) is 0 Å². The van der Waals surface area contributed by atoms with Crippen LogP contribution >= 0.6 is 11.6 Å². The van der Waals surface area contributed by atoms with E-state index in [0.717, 1.165) is 12.1 Å². The summed E-state index contributed by atoms with van der Waals surface area (Å²) in [6, 6.07) is 6.13. The van der Waals surface area contributed by atoms with Crippen molar-refractivity contribution in [3.05, 3.63) is 29.3 Å². The highest BCUT2D eigenvalue weighted by atomic mass is 35.5. The zero-order chi connectivity index (χ0) is 15.6. The molecular weight excluding hydrogens is 288 g/mol. The summed E-state index contributed by atoms with van der Waals surface area (Å²) >= 11 is 5.90. The molecule has 1 saturated heterocycles. The number of hydrogen-bond acceptors (Lipinski definition) is 2. The van der Waals surface area contributed by atoms with E-state index in [1.54, 1.807) is 29.2 Å². The van der Waals surface area contributed by atoms with Crippen LogP contribution in [0.25, 0.3) is 0 Å². The summed E-state index contributed by atoms with van der Waals surface area (Å²) in [6.45, 7) is 5.90. The highest BCUT2D eigenvalue weighted by Crippen LogP contribution is 2.27. The van der Waals surface area contributed by atoms with Crippen LogP contribution in [0.4, 0.5) is 5.69 Å². The standard InChI is InChI=1S/C16H21ClN2O2/c1-4-10(3)14-16(21)19(13(5-2)15(20)18-14)12-8-6-11(17)7-9-12/h6-10,13-14H,4-5H2,1-3H3,(H,18,20). The second-order valence-electron chi connectivity index (χ2n) is 5.48. The molecule has 1 N–H and O–H groups in total. The quantitative estimate of drug-likeness (QED) is 0.929. The van der Waals surface area contributed by atoms with E-state index in [4.69, 9.17) is 11.6 Å². The third-order valence-electron chi connectivity index (χ3n) is 4.12. The molecule has 0 spiro atoms. The molecule has 114 valence electrons. The number of amides is 2. The van der Waals surface area contributed by atoms with Crippen LogP contribution in [0, 0.1) is 5.92 Å². The van der Waals surface area contributed by atoms with Crippen LogP contribution in [0.2, 0.25) is 5.02 Å². The molecule has 3 unspecified atom stereocenters. The Balaban J connectivity index is 2.39. The molecule has 2 rings (SSSR count). The van der Waals surface area contributed by atoms with Crippen LogP contribution in [0.1, 0.15) is 33.6 Å². The van der Waals surface area contributed by atoms with E-state index in [9.17, 15) is 9.59 Å². The molecule has 1 fully saturated rings. The minimum atomic E-state index is -0.459. The smallest absolute Gasteiger partial charge is 0.250 e. The first kappa shape index (κ1) is 15.8. The maximum absolute atomic E-state index is 12.8. The van der Waals surface area contributed by atoms with Crippen LogP contribution in [0.3, 0.4) is 0 Å². The molecule has 0 saturated carbocycles. The third kappa shape index (κ3) is 3.05. The van der Waals surface area contributed by atoms with Gasteiger partial charge in [0.1, 0.15) is 12.1 Å². The van der Waals surface area contributed by atoms with Crippen molar-refractivity contribution >= 4 is 29.1 Å². The van der Waals surface area contributed by atoms with Gasteiger partial charge in [-0.15, -0.1) is 0 Å². The fraction of sp³-hybridized carbons (Fsp3) is 0.500. The van der Waals surface area contributed by atoms with E-state index in [-0.39, 0.29) is 17.7 Å². The Hall–Kier alpha value is -1.55. The monoisotopic (exact) mass is 308 g/mol. The van der Waals surface area contributed by atoms with E-state index in [1.807, 2.05) is 20.8 Å². The van der Waals surface area contributed by atoms with Gasteiger partial charge in [0.2, 0.25) is 5.91 Å². The Morgan fingerprint density at radius 3 is 2.38 bits per heavy atom. The van der Waals surface area contributed by atoms with Crippen molar-refractivity contribution in [1.29, 1.82) is 0 Å². The maximum Gasteiger partial charge on any atom is 0.250 e. The predicted octanol–water partition coefficient (Wildman–Crippen LogP) is 3.00. The van der Waals surface area contributed by atoms with Crippen LogP contribution in [-0.4, -0.2) is 23.9 Å². The van der Waals surface area contributed by atoms with Gasteiger partial charge in [0.05, 0.1) is 0 Å². The summed E-state index contributed by atoms with van der Waals surface area (Å²) in [7, 11) is 0. The molecular formula is C16H21ClN2O2. The lowest BCUT2D eigenvalue weighted by Gasteiger charge is -2.40. The minimum Gasteiger partial charge on any atom is -0.342 e. The first-order chi connectivity index (χ1) is 9.99. The van der Waals surface area contributed by atoms with Crippen molar-refractivity contribution in [2.45, 2.75) is 45.7 Å². The van der Waals surface area contributed by atoms with Gasteiger partial charge in [0.25, 0.3) is 5.91 Å². The lowest BCUT2D eigenvalue weighted by molar-refractivity contribution is -0.135. The normalized spacial score (nSPS) is 23.9. The minimum absolute atomic E-state index is 0.0434. The molecule has 0 radical (unpaired) electrons. The Morgan fingerprint density at radius 2 is 1.86 bits per heavy atom. The lowest BCUT2D eigenvalue weighted by Crippen LogP contribution is -2.65. The van der Waals surface area contributed by atoms with Crippen molar-refractivity contribution < 1.29 is 9.59 Å². The van der Waals surface area contributed by atoms with Crippen molar-refractivity contribution in [1.82, 2.24) is 5.32 Å². The number of halogens is 1. The highest BCUT2D eigenvalue weighted by Gasteiger charge is 2.42. The predicted molar refractivity (Wildman–Crippen MR) is 84.4 cm³/mol. The fourth-order valence-corrected chi connectivity index (χ4v) is 2.76. The van der Waals surface area contributed by atoms with Crippen molar-refractivity contribution in [2.24, 2.45) is 5.92 Å². The number of benzene rings is 1. The Morgan fingerprint density at radius 1 is 1.24 bits per heavy atom. The molecule has 21 heavy (non-hydrogen) atoms. The summed E-state index contributed by atoms with van der Waals surface area (Å²) in [5, 5.41) is 3.48. The number of rotatable bonds is 4. The number of nitrogens with one attached hydrogen (secondary N) is 1. The first-order valence-electron chi connectivity index (χ1n) is 7.38. The van der Waals surface area contributed by atoms with Crippen LogP contribution in [-0.2, 0) is 9.59 Å². The van der Waals surface area contributed by atoms with Crippen LogP contribution in [0.15, 0.2) is 24.3 Å². The molecule has 1 aliphatic heterocycles. The second-order valence-corrected chi connectivity index (χ2v) is 5.92. The summed E-state index contributed by atoms with van der Waals surface area (Å²) in [6.07, 6.45) is 1.41. The van der Waals surface area contributed by atoms with E-state index < -0.39 is 12.1 Å². The number of nitrogens with zero attached hydrogens (tertiary/aromatic N) is 1. The summed E-state index contributed by atoms with van der Waals surface area (Å²) < 4.78 is 0. The Kier molecular flexibility index (Phi) is 4.88. The Labute approximate surface area is 130 Å². The largest absolute Gasteiger partial charge is 0.342 e. The summed E-state index contributed by atoms with van der Waals surface area (Å²) in [5.41, 5.74) is 0.722. The molecule has 0 aromatic heterocycles. The molecule has 4 nitrogen and oxygen atoms in total. The molecule has 5 heteroatoms. The molecule has 3 atom stereocenters. The molecule has 1 aliphatic rings. The van der Waals surface area contributed by atoms with Gasteiger partial charge in [-0.05, 0) is 36.6 Å². The molecule has 0 bridgehead atoms. The Bertz CT molecular complexity index is 530. The average Bonchev–Trinajstić information content (AvgIpc) is 2.49. The van der Waals surface area contributed by atoms with Gasteiger partial charge in [-0.3, -0.25) is 14.5 Å². The van der Waals surface area contributed by atoms with Crippen molar-refractivity contribution in [2.75, 3.05) is 4.90 Å². The van der Waals surface area contributed by atoms with Gasteiger partial charge in [0.15, 0.2) is 0 Å². The number of carbonyl (C=O) groups is 2. The number of hydrogen-bond donors (Lipinski definition) is 1. The van der Waals surface area contributed by atoms with Crippen molar-refractivity contribution in [3.63, 3.8) is 0 Å².